The van der Waals surface area contributed by atoms with E-state index in [2.05, 4.69) is 117 Å². The van der Waals surface area contributed by atoms with E-state index >= 15 is 0 Å². The highest BCUT2D eigenvalue weighted by molar-refractivity contribution is 6.25. The molecule has 0 heterocycles. The molecule has 8 aromatic carbocycles. The van der Waals surface area contributed by atoms with E-state index < -0.39 is 11.7 Å². The van der Waals surface area contributed by atoms with Gasteiger partial charge < -0.3 is 0 Å². The Kier molecular flexibility index (Phi) is 6.47. The van der Waals surface area contributed by atoms with Gasteiger partial charge in [-0.05, 0) is 120 Å². The second-order valence-electron chi connectivity index (χ2n) is 12.1. The molecule has 0 fully saturated rings. The molecule has 0 saturated heterocycles. The van der Waals surface area contributed by atoms with Gasteiger partial charge in [-0.15, -0.1) is 0 Å². The molecule has 0 bridgehead atoms. The Morgan fingerprint density at radius 1 is 0.391 bits per heavy atom. The third-order valence-electron chi connectivity index (χ3n) is 9.37. The number of halogens is 3. The van der Waals surface area contributed by atoms with Crippen LogP contribution >= 0.6 is 0 Å². The molecule has 222 valence electrons. The van der Waals surface area contributed by atoms with Crippen LogP contribution in [0.2, 0.25) is 0 Å². The summed E-state index contributed by atoms with van der Waals surface area (Å²) >= 11 is 0. The van der Waals surface area contributed by atoms with Gasteiger partial charge in [0.15, 0.2) is 0 Å². The molecule has 0 atom stereocenters. The van der Waals surface area contributed by atoms with Gasteiger partial charge in [0.25, 0.3) is 0 Å². The van der Waals surface area contributed by atoms with E-state index in [1.54, 1.807) is 6.07 Å². The summed E-state index contributed by atoms with van der Waals surface area (Å²) in [5.41, 5.74) is 7.46. The molecule has 0 N–H and O–H groups in total. The predicted octanol–water partition coefficient (Wildman–Crippen LogP) is 12.9. The van der Waals surface area contributed by atoms with Crippen molar-refractivity contribution in [2.45, 2.75) is 20.0 Å². The van der Waals surface area contributed by atoms with Gasteiger partial charge in [0.2, 0.25) is 0 Å². The molecule has 3 heteroatoms. The molecule has 0 spiro atoms. The van der Waals surface area contributed by atoms with Gasteiger partial charge in [-0.3, -0.25) is 0 Å². The van der Waals surface area contributed by atoms with Crippen LogP contribution in [-0.2, 0) is 6.18 Å². The minimum Gasteiger partial charge on any atom is -0.166 e. The van der Waals surface area contributed by atoms with Crippen molar-refractivity contribution in [1.29, 1.82) is 0 Å². The lowest BCUT2D eigenvalue weighted by Crippen LogP contribution is -2.04. The topological polar surface area (TPSA) is 0 Å². The van der Waals surface area contributed by atoms with E-state index in [1.165, 1.54) is 23.3 Å². The quantitative estimate of drug-likeness (QED) is 0.177. The molecule has 8 rings (SSSR count). The smallest absolute Gasteiger partial charge is 0.166 e. The minimum atomic E-state index is -4.42. The minimum absolute atomic E-state index is 0.535. The Labute approximate surface area is 265 Å². The number of alkyl halides is 3. The summed E-state index contributed by atoms with van der Waals surface area (Å²) < 4.78 is 41.4. The molecular formula is C43H29F3. The molecule has 0 radical (unpaired) electrons. The van der Waals surface area contributed by atoms with Crippen molar-refractivity contribution < 1.29 is 13.2 Å². The zero-order valence-electron chi connectivity index (χ0n) is 25.4. The average Bonchev–Trinajstić information content (AvgIpc) is 3.07. The van der Waals surface area contributed by atoms with E-state index in [-0.39, 0.29) is 0 Å². The van der Waals surface area contributed by atoms with Crippen LogP contribution in [0.5, 0.6) is 0 Å². The molecule has 0 unspecified atom stereocenters. The van der Waals surface area contributed by atoms with Crippen LogP contribution in [0, 0.1) is 13.8 Å². The van der Waals surface area contributed by atoms with Crippen LogP contribution in [0.3, 0.4) is 0 Å². The third kappa shape index (κ3) is 4.54. The van der Waals surface area contributed by atoms with Gasteiger partial charge in [0.1, 0.15) is 0 Å². The molecule has 0 aliphatic heterocycles. The van der Waals surface area contributed by atoms with Crippen LogP contribution in [0.1, 0.15) is 16.7 Å². The summed E-state index contributed by atoms with van der Waals surface area (Å²) in [6.07, 6.45) is -4.42. The second-order valence-corrected chi connectivity index (χ2v) is 12.1. The van der Waals surface area contributed by atoms with Gasteiger partial charge in [-0.1, -0.05) is 121 Å². The van der Waals surface area contributed by atoms with Gasteiger partial charge in [0.05, 0.1) is 5.56 Å². The lowest BCUT2D eigenvalue weighted by molar-refractivity contribution is -0.137. The highest BCUT2D eigenvalue weighted by atomic mass is 19.4. The number of fused-ring (bicyclic) bond motifs is 4. The molecule has 0 nitrogen and oxygen atoms in total. The molecule has 0 amide bonds. The van der Waals surface area contributed by atoms with Crippen molar-refractivity contribution in [3.63, 3.8) is 0 Å². The normalized spacial score (nSPS) is 12.0. The van der Waals surface area contributed by atoms with E-state index in [4.69, 9.17) is 0 Å². The Morgan fingerprint density at radius 3 is 1.46 bits per heavy atom. The lowest BCUT2D eigenvalue weighted by Gasteiger charge is -2.21. The van der Waals surface area contributed by atoms with Gasteiger partial charge in [0, 0.05) is 0 Å². The first-order valence-electron chi connectivity index (χ1n) is 15.4. The Bertz CT molecular complexity index is 2470. The monoisotopic (exact) mass is 602 g/mol. The summed E-state index contributed by atoms with van der Waals surface area (Å²) in [4.78, 5) is 0. The zero-order valence-corrected chi connectivity index (χ0v) is 25.4. The highest BCUT2D eigenvalue weighted by Gasteiger charge is 2.30. The Balaban J connectivity index is 1.57. The fourth-order valence-corrected chi connectivity index (χ4v) is 7.01. The van der Waals surface area contributed by atoms with Crippen molar-refractivity contribution in [3.05, 3.63) is 156 Å². The van der Waals surface area contributed by atoms with E-state index in [9.17, 15) is 13.2 Å². The van der Waals surface area contributed by atoms with Crippen LogP contribution in [0.25, 0.3) is 76.5 Å². The van der Waals surface area contributed by atoms with E-state index in [0.717, 1.165) is 77.0 Å². The van der Waals surface area contributed by atoms with Crippen molar-refractivity contribution in [2.24, 2.45) is 0 Å². The van der Waals surface area contributed by atoms with Crippen molar-refractivity contribution >= 4 is 43.1 Å². The maximum Gasteiger partial charge on any atom is 0.416 e. The first kappa shape index (κ1) is 28.1. The molecule has 0 aliphatic rings. The molecule has 0 aliphatic carbocycles. The zero-order chi connectivity index (χ0) is 31.6. The van der Waals surface area contributed by atoms with Crippen LogP contribution in [0.4, 0.5) is 13.2 Å². The predicted molar refractivity (Wildman–Crippen MR) is 187 cm³/mol. The van der Waals surface area contributed by atoms with Crippen LogP contribution in [-0.4, -0.2) is 0 Å². The SMILES string of the molecule is Cc1cc2c(-c3cccc4ccccc34)c3ccc(-c4cccc(C(F)(F)F)c4)cc3c(-c3cccc4ccccc34)c2cc1C. The van der Waals surface area contributed by atoms with Crippen molar-refractivity contribution in [1.82, 2.24) is 0 Å². The fourth-order valence-electron chi connectivity index (χ4n) is 7.01. The van der Waals surface area contributed by atoms with Crippen LogP contribution < -0.4 is 0 Å². The standard InChI is InChI=1S/C43H29F3/c1-26-22-38-39(23-27(26)2)42(36-19-9-13-29-11-4-6-17-34(29)36)40-25-31(30-14-7-15-32(24-30)43(44,45)46)20-21-37(40)41(38)35-18-8-12-28-10-3-5-16-33(28)35/h3-25H,1-2H3. The lowest BCUT2D eigenvalue weighted by atomic mass is 9.82. The second kappa shape index (κ2) is 10.6. The molecule has 46 heavy (non-hydrogen) atoms. The maximum absolute atomic E-state index is 13.8. The fraction of sp³-hybridized carbons (Fsp3) is 0.0698. The number of hydrogen-bond acceptors (Lipinski definition) is 0. The van der Waals surface area contributed by atoms with Crippen molar-refractivity contribution in [3.8, 4) is 33.4 Å². The number of aryl methyl sites for hydroxylation is 2. The molecule has 0 aromatic heterocycles. The maximum atomic E-state index is 13.8. The van der Waals surface area contributed by atoms with Gasteiger partial charge in [-0.2, -0.15) is 13.2 Å². The first-order valence-corrected chi connectivity index (χ1v) is 15.4. The molecule has 0 saturated carbocycles. The van der Waals surface area contributed by atoms with E-state index in [0.29, 0.717) is 5.56 Å². The number of benzene rings is 8. The average molecular weight is 603 g/mol. The number of rotatable bonds is 3. The molecular weight excluding hydrogens is 573 g/mol. The largest absolute Gasteiger partial charge is 0.416 e. The summed E-state index contributed by atoms with van der Waals surface area (Å²) in [5.74, 6) is 0. The van der Waals surface area contributed by atoms with Crippen LogP contribution in [0.15, 0.2) is 140 Å². The highest BCUT2D eigenvalue weighted by Crippen LogP contribution is 2.48. The molecule has 8 aromatic rings. The summed E-state index contributed by atoms with van der Waals surface area (Å²) in [6, 6.07) is 46.0. The summed E-state index contributed by atoms with van der Waals surface area (Å²) in [5, 5.41) is 8.92. The summed E-state index contributed by atoms with van der Waals surface area (Å²) in [6.45, 7) is 4.29. The summed E-state index contributed by atoms with van der Waals surface area (Å²) in [7, 11) is 0. The van der Waals surface area contributed by atoms with Gasteiger partial charge >= 0.3 is 6.18 Å². The first-order chi connectivity index (χ1) is 22.3. The Morgan fingerprint density at radius 2 is 0.870 bits per heavy atom. The third-order valence-corrected chi connectivity index (χ3v) is 9.37. The van der Waals surface area contributed by atoms with E-state index in [1.807, 2.05) is 12.1 Å². The Hall–Kier alpha value is -5.41. The van der Waals surface area contributed by atoms with Gasteiger partial charge in [-0.25, -0.2) is 0 Å². The number of hydrogen-bond donors (Lipinski definition) is 0. The van der Waals surface area contributed by atoms with Crippen molar-refractivity contribution in [2.75, 3.05) is 0 Å².